The lowest BCUT2D eigenvalue weighted by molar-refractivity contribution is 0.0605. The second-order valence-electron chi connectivity index (χ2n) is 2.27. The van der Waals surface area contributed by atoms with E-state index in [-0.39, 0.29) is 5.97 Å². The van der Waals surface area contributed by atoms with Gasteiger partial charge in [-0.2, -0.15) is 0 Å². The highest BCUT2D eigenvalue weighted by molar-refractivity contribution is 7.15. The molecule has 0 amide bonds. The van der Waals surface area contributed by atoms with Crippen LogP contribution < -0.4 is 0 Å². The second kappa shape index (κ2) is 3.49. The van der Waals surface area contributed by atoms with Crippen LogP contribution in [0.4, 0.5) is 0 Å². The number of carbonyl (C=O) groups is 2. The Hall–Kier alpha value is -1.16. The molecule has 3 nitrogen and oxygen atoms in total. The molecule has 1 heterocycles. The first kappa shape index (κ1) is 8.93. The number of hydrogen-bond donors (Lipinski definition) is 0. The SMILES string of the molecule is COC(=O)c1sc(C=O)cc1C. The summed E-state index contributed by atoms with van der Waals surface area (Å²) in [6.45, 7) is 1.77. The molecule has 0 unspecified atom stereocenters. The number of hydrogen-bond acceptors (Lipinski definition) is 4. The fraction of sp³-hybridized carbons (Fsp3) is 0.250. The molecule has 0 bridgehead atoms. The molecule has 1 aromatic rings. The molecule has 0 radical (unpaired) electrons. The molecular formula is C8H8O3S. The number of esters is 1. The summed E-state index contributed by atoms with van der Waals surface area (Å²) in [4.78, 5) is 22.4. The molecule has 0 aliphatic heterocycles. The number of ether oxygens (including phenoxy) is 1. The van der Waals surface area contributed by atoms with E-state index >= 15 is 0 Å². The van der Waals surface area contributed by atoms with Gasteiger partial charge in [0.05, 0.1) is 12.0 Å². The maximum Gasteiger partial charge on any atom is 0.348 e. The van der Waals surface area contributed by atoms with Crippen LogP contribution in [0.25, 0.3) is 0 Å². The summed E-state index contributed by atoms with van der Waals surface area (Å²) < 4.78 is 4.53. The molecule has 64 valence electrons. The zero-order valence-electron chi connectivity index (χ0n) is 6.79. The summed E-state index contributed by atoms with van der Waals surface area (Å²) >= 11 is 1.15. The Balaban J connectivity index is 3.07. The smallest absolute Gasteiger partial charge is 0.348 e. The van der Waals surface area contributed by atoms with Gasteiger partial charge in [-0.1, -0.05) is 0 Å². The molecule has 1 rings (SSSR count). The van der Waals surface area contributed by atoms with Gasteiger partial charge in [-0.05, 0) is 18.6 Å². The van der Waals surface area contributed by atoms with E-state index in [0.717, 1.165) is 23.2 Å². The quantitative estimate of drug-likeness (QED) is 0.518. The van der Waals surface area contributed by atoms with Gasteiger partial charge >= 0.3 is 5.97 Å². The molecule has 0 aliphatic carbocycles. The van der Waals surface area contributed by atoms with Gasteiger partial charge in [0.25, 0.3) is 0 Å². The number of carbonyl (C=O) groups excluding carboxylic acids is 2. The van der Waals surface area contributed by atoms with Gasteiger partial charge in [-0.15, -0.1) is 11.3 Å². The molecule has 1 aromatic heterocycles. The molecule has 0 aromatic carbocycles. The molecule has 0 saturated carbocycles. The van der Waals surface area contributed by atoms with E-state index in [2.05, 4.69) is 4.74 Å². The molecule has 0 aliphatic rings. The average molecular weight is 184 g/mol. The number of thiophene rings is 1. The molecule has 0 fully saturated rings. The van der Waals surface area contributed by atoms with E-state index in [1.807, 2.05) is 0 Å². The largest absolute Gasteiger partial charge is 0.465 e. The first-order chi connectivity index (χ1) is 5.69. The lowest BCUT2D eigenvalue weighted by Crippen LogP contribution is -1.99. The van der Waals surface area contributed by atoms with E-state index in [4.69, 9.17) is 0 Å². The topological polar surface area (TPSA) is 43.4 Å². The van der Waals surface area contributed by atoms with Crippen molar-refractivity contribution in [3.8, 4) is 0 Å². The Kier molecular flexibility index (Phi) is 2.60. The standard InChI is InChI=1S/C8H8O3S/c1-5-3-6(4-9)12-7(5)8(10)11-2/h3-4H,1-2H3. The van der Waals surface area contributed by atoms with Crippen molar-refractivity contribution in [3.05, 3.63) is 21.4 Å². The minimum atomic E-state index is -0.384. The monoisotopic (exact) mass is 184 g/mol. The third-order valence-electron chi connectivity index (χ3n) is 1.42. The molecular weight excluding hydrogens is 176 g/mol. The Labute approximate surface area is 74.0 Å². The van der Waals surface area contributed by atoms with Gasteiger partial charge < -0.3 is 4.74 Å². The van der Waals surface area contributed by atoms with Crippen LogP contribution >= 0.6 is 11.3 Å². The number of aryl methyl sites for hydroxylation is 1. The Morgan fingerprint density at radius 1 is 1.67 bits per heavy atom. The highest BCUT2D eigenvalue weighted by atomic mass is 32.1. The zero-order valence-corrected chi connectivity index (χ0v) is 7.60. The van der Waals surface area contributed by atoms with Crippen LogP contribution in [0.3, 0.4) is 0 Å². The van der Waals surface area contributed by atoms with Crippen LogP contribution in [0, 0.1) is 6.92 Å². The first-order valence-corrected chi connectivity index (χ1v) is 4.14. The van der Waals surface area contributed by atoms with E-state index in [0.29, 0.717) is 9.75 Å². The second-order valence-corrected chi connectivity index (χ2v) is 3.35. The van der Waals surface area contributed by atoms with Gasteiger partial charge in [0.2, 0.25) is 0 Å². The van der Waals surface area contributed by atoms with Crippen LogP contribution in [0.1, 0.15) is 24.9 Å². The summed E-state index contributed by atoms with van der Waals surface area (Å²) in [5.41, 5.74) is 0.786. The summed E-state index contributed by atoms with van der Waals surface area (Å²) in [6, 6.07) is 1.67. The van der Waals surface area contributed by atoms with Crippen LogP contribution in [0.15, 0.2) is 6.07 Å². The van der Waals surface area contributed by atoms with Crippen molar-refractivity contribution < 1.29 is 14.3 Å². The lowest BCUT2D eigenvalue weighted by atomic mass is 10.3. The summed E-state index contributed by atoms with van der Waals surface area (Å²) in [5.74, 6) is -0.384. The summed E-state index contributed by atoms with van der Waals surface area (Å²) in [7, 11) is 1.32. The van der Waals surface area contributed by atoms with Gasteiger partial charge in [-0.3, -0.25) is 4.79 Å². The van der Waals surface area contributed by atoms with Crippen molar-refractivity contribution >= 4 is 23.6 Å². The van der Waals surface area contributed by atoms with Crippen LogP contribution in [0.5, 0.6) is 0 Å². The predicted octanol–water partition coefficient (Wildman–Crippen LogP) is 1.66. The van der Waals surface area contributed by atoms with Gasteiger partial charge in [0.1, 0.15) is 4.88 Å². The Morgan fingerprint density at radius 3 is 2.75 bits per heavy atom. The highest BCUT2D eigenvalue weighted by Gasteiger charge is 2.12. The first-order valence-electron chi connectivity index (χ1n) is 3.33. The minimum absolute atomic E-state index is 0.384. The van der Waals surface area contributed by atoms with Crippen LogP contribution in [0.2, 0.25) is 0 Å². The molecule has 12 heavy (non-hydrogen) atoms. The van der Waals surface area contributed by atoms with Crippen molar-refractivity contribution in [1.82, 2.24) is 0 Å². The summed E-state index contributed by atoms with van der Waals surface area (Å²) in [5, 5.41) is 0. The summed E-state index contributed by atoms with van der Waals surface area (Å²) in [6.07, 6.45) is 0.726. The van der Waals surface area contributed by atoms with Crippen molar-refractivity contribution in [2.45, 2.75) is 6.92 Å². The lowest BCUT2D eigenvalue weighted by Gasteiger charge is -1.94. The maximum absolute atomic E-state index is 11.0. The Morgan fingerprint density at radius 2 is 2.33 bits per heavy atom. The van der Waals surface area contributed by atoms with Crippen molar-refractivity contribution in [2.24, 2.45) is 0 Å². The number of rotatable bonds is 2. The van der Waals surface area contributed by atoms with E-state index in [1.54, 1.807) is 13.0 Å². The average Bonchev–Trinajstić information content (AvgIpc) is 2.45. The fourth-order valence-corrected chi connectivity index (χ4v) is 1.77. The van der Waals surface area contributed by atoms with Gasteiger partial charge in [0.15, 0.2) is 6.29 Å². The third kappa shape index (κ3) is 1.53. The zero-order chi connectivity index (χ0) is 9.14. The van der Waals surface area contributed by atoms with Crippen molar-refractivity contribution in [2.75, 3.05) is 7.11 Å². The van der Waals surface area contributed by atoms with E-state index in [9.17, 15) is 9.59 Å². The fourth-order valence-electron chi connectivity index (χ4n) is 0.860. The highest BCUT2D eigenvalue weighted by Crippen LogP contribution is 2.20. The minimum Gasteiger partial charge on any atom is -0.465 e. The van der Waals surface area contributed by atoms with Gasteiger partial charge in [-0.25, -0.2) is 4.79 Å². The molecule has 0 spiro atoms. The molecule has 4 heteroatoms. The molecule has 0 N–H and O–H groups in total. The predicted molar refractivity (Wildman–Crippen MR) is 45.8 cm³/mol. The molecule has 0 atom stereocenters. The number of aldehydes is 1. The maximum atomic E-state index is 11.0. The van der Waals surface area contributed by atoms with Gasteiger partial charge in [0, 0.05) is 0 Å². The molecule has 0 saturated heterocycles. The van der Waals surface area contributed by atoms with Crippen LogP contribution in [-0.2, 0) is 4.74 Å². The Bertz CT molecular complexity index is 314. The number of methoxy groups -OCH3 is 1. The van der Waals surface area contributed by atoms with Crippen LogP contribution in [-0.4, -0.2) is 19.4 Å². The van der Waals surface area contributed by atoms with Crippen molar-refractivity contribution in [3.63, 3.8) is 0 Å². The van der Waals surface area contributed by atoms with Crippen molar-refractivity contribution in [1.29, 1.82) is 0 Å². The van der Waals surface area contributed by atoms with E-state index < -0.39 is 0 Å². The van der Waals surface area contributed by atoms with E-state index in [1.165, 1.54) is 7.11 Å². The third-order valence-corrected chi connectivity index (χ3v) is 2.57. The normalized spacial score (nSPS) is 9.50.